The molecule has 0 N–H and O–H groups in total. The van der Waals surface area contributed by atoms with Crippen LogP contribution in [0.1, 0.15) is 111 Å². The van der Waals surface area contributed by atoms with Crippen molar-refractivity contribution in [2.24, 2.45) is 0 Å². The van der Waals surface area contributed by atoms with Gasteiger partial charge in [0.15, 0.2) is 0 Å². The molecule has 0 saturated carbocycles. The maximum atomic E-state index is 2.64. The van der Waals surface area contributed by atoms with E-state index in [1.807, 2.05) is 0 Å². The summed E-state index contributed by atoms with van der Waals surface area (Å²) in [7, 11) is 0. The summed E-state index contributed by atoms with van der Waals surface area (Å²) in [6, 6.07) is 52.4. The van der Waals surface area contributed by atoms with Gasteiger partial charge in [-0.15, -0.1) is 0 Å². The van der Waals surface area contributed by atoms with E-state index in [1.54, 1.807) is 0 Å². The van der Waals surface area contributed by atoms with E-state index < -0.39 is 0 Å². The van der Waals surface area contributed by atoms with Crippen LogP contribution in [0.25, 0.3) is 0 Å². The number of para-hydroxylation sites is 2. The van der Waals surface area contributed by atoms with Crippen LogP contribution >= 0.6 is 0 Å². The summed E-state index contributed by atoms with van der Waals surface area (Å²) in [5.74, 6) is 0. The zero-order chi connectivity index (χ0) is 51.2. The molecule has 0 unspecified atom stereocenters. The van der Waals surface area contributed by atoms with Crippen LogP contribution in [-0.4, -0.2) is 0 Å². The van der Waals surface area contributed by atoms with Crippen LogP contribution < -0.4 is 19.6 Å². The summed E-state index contributed by atoms with van der Waals surface area (Å²) in [6.45, 7) is 27.1. The molecule has 4 heterocycles. The number of hydrogen-bond donors (Lipinski definition) is 0. The number of benzene rings is 9. The number of rotatable bonds is 6. The van der Waals surface area contributed by atoms with Crippen molar-refractivity contribution in [1.29, 1.82) is 0 Å². The van der Waals surface area contributed by atoms with E-state index in [9.17, 15) is 0 Å². The summed E-state index contributed by atoms with van der Waals surface area (Å²) in [4.78, 5) is 10.4. The molecule has 9 aromatic rings. The van der Waals surface area contributed by atoms with E-state index in [4.69, 9.17) is 0 Å². The summed E-state index contributed by atoms with van der Waals surface area (Å²) in [5.41, 5.74) is 42.0. The van der Waals surface area contributed by atoms with Gasteiger partial charge in [-0.2, -0.15) is 0 Å². The van der Waals surface area contributed by atoms with Crippen molar-refractivity contribution in [3.8, 4) is 0 Å². The highest BCUT2D eigenvalue weighted by Crippen LogP contribution is 2.59. The third-order valence-corrected chi connectivity index (χ3v) is 18.0. The molecular formula is C70H66N4. The second-order valence-corrected chi connectivity index (χ2v) is 22.4. The summed E-state index contributed by atoms with van der Waals surface area (Å²) >= 11 is 0. The molecule has 366 valence electrons. The van der Waals surface area contributed by atoms with Gasteiger partial charge in [0.2, 0.25) is 0 Å². The van der Waals surface area contributed by atoms with Crippen LogP contribution in [0.4, 0.5) is 68.2 Å². The number of aryl methyl sites for hydroxylation is 8. The Hall–Kier alpha value is -7.82. The molecule has 0 bridgehead atoms. The topological polar surface area (TPSA) is 13.0 Å². The lowest BCUT2D eigenvalue weighted by Gasteiger charge is -2.44. The molecule has 13 rings (SSSR count). The largest absolute Gasteiger partial charge is 0.310 e. The van der Waals surface area contributed by atoms with E-state index in [0.29, 0.717) is 0 Å². The fraction of sp³-hybridized carbons (Fsp3) is 0.229. The maximum absolute atomic E-state index is 2.64. The van der Waals surface area contributed by atoms with E-state index in [-0.39, 0.29) is 0 Å². The van der Waals surface area contributed by atoms with E-state index in [0.717, 1.165) is 25.7 Å². The first-order valence-electron chi connectivity index (χ1n) is 26.8. The first-order valence-corrected chi connectivity index (χ1v) is 26.8. The highest BCUT2D eigenvalue weighted by molar-refractivity contribution is 5.99. The van der Waals surface area contributed by atoms with Crippen molar-refractivity contribution in [3.05, 3.63) is 245 Å². The molecule has 0 radical (unpaired) electrons. The molecule has 4 aliphatic rings. The van der Waals surface area contributed by atoms with Gasteiger partial charge in [0.25, 0.3) is 0 Å². The van der Waals surface area contributed by atoms with Gasteiger partial charge in [0.1, 0.15) is 0 Å². The summed E-state index contributed by atoms with van der Waals surface area (Å²) < 4.78 is 0. The molecule has 0 saturated heterocycles. The first kappa shape index (κ1) is 46.0. The highest BCUT2D eigenvalue weighted by atomic mass is 15.2. The van der Waals surface area contributed by atoms with Crippen molar-refractivity contribution in [2.75, 3.05) is 19.6 Å². The standard InChI is InChI=1S/C70H66N4/c1-39-25-57(26-40(2)47(39)9)71(58-27-41(3)48(10)42(4)28-58)65-23-21-53-33-55-38-68-56(37-67(55)73-63-19-15-13-17-51(63)35-61(65)69(53)73)34-54-22-24-66(62-36-52-18-14-16-20-64(52)74(68)70(54)62)72(59-29-43(5)49(11)44(6)30-59)60-31-45(7)50(12)46(8)32-60/h13-32,37-38H,33-36H2,1-12H3. The lowest BCUT2D eigenvalue weighted by Crippen LogP contribution is -2.29. The molecule has 0 fully saturated rings. The quantitative estimate of drug-likeness (QED) is 0.165. The van der Waals surface area contributed by atoms with Crippen LogP contribution in [0.15, 0.2) is 133 Å². The molecular weight excluding hydrogens is 897 g/mol. The van der Waals surface area contributed by atoms with Crippen LogP contribution in [0.3, 0.4) is 0 Å². The number of nitrogens with zero attached hydrogens (tertiary/aromatic N) is 4. The Bertz CT molecular complexity index is 3440. The minimum absolute atomic E-state index is 0.858. The second-order valence-electron chi connectivity index (χ2n) is 22.4. The number of hydrogen-bond acceptors (Lipinski definition) is 4. The van der Waals surface area contributed by atoms with Crippen molar-refractivity contribution in [2.45, 2.75) is 109 Å². The van der Waals surface area contributed by atoms with E-state index >= 15 is 0 Å². The Balaban J connectivity index is 1.000. The average molecular weight is 963 g/mol. The molecule has 0 aliphatic carbocycles. The Morgan fingerprint density at radius 2 is 0.581 bits per heavy atom. The monoisotopic (exact) mass is 963 g/mol. The fourth-order valence-corrected chi connectivity index (χ4v) is 13.0. The lowest BCUT2D eigenvalue weighted by atomic mass is 9.81. The van der Waals surface area contributed by atoms with Gasteiger partial charge in [0, 0.05) is 70.9 Å². The molecule has 0 amide bonds. The predicted molar refractivity (Wildman–Crippen MR) is 313 cm³/mol. The SMILES string of the molecule is Cc1cc(N(c2cc(C)c(C)c(C)c2)c2ccc3c4c2Cc2ccccc2N4c2cc4c(cc2C3)N2c3ccccc3Cc3c(N(c5cc(C)c(C)c(C)c5)c5cc(C)c(C)c(C)c5)ccc(c32)C4)cc(C)c1C. The maximum Gasteiger partial charge on any atom is 0.0553 e. The minimum atomic E-state index is 0.858. The van der Waals surface area contributed by atoms with Gasteiger partial charge >= 0.3 is 0 Å². The van der Waals surface area contributed by atoms with Crippen LogP contribution in [0.2, 0.25) is 0 Å². The van der Waals surface area contributed by atoms with Crippen molar-refractivity contribution >= 4 is 68.2 Å². The predicted octanol–water partition coefficient (Wildman–Crippen LogP) is 18.9. The Morgan fingerprint density at radius 3 is 0.892 bits per heavy atom. The van der Waals surface area contributed by atoms with Crippen LogP contribution in [0.5, 0.6) is 0 Å². The second kappa shape index (κ2) is 16.9. The number of anilines is 12. The van der Waals surface area contributed by atoms with E-state index in [1.165, 1.54) is 180 Å². The molecule has 9 aromatic carbocycles. The van der Waals surface area contributed by atoms with Crippen LogP contribution in [-0.2, 0) is 25.7 Å². The molecule has 0 atom stereocenters. The number of fused-ring (bicyclic) bond motifs is 8. The van der Waals surface area contributed by atoms with Gasteiger partial charge in [-0.3, -0.25) is 0 Å². The van der Waals surface area contributed by atoms with Gasteiger partial charge in [0.05, 0.1) is 34.1 Å². The molecule has 4 nitrogen and oxygen atoms in total. The van der Waals surface area contributed by atoms with Crippen molar-refractivity contribution in [1.82, 2.24) is 0 Å². The lowest BCUT2D eigenvalue weighted by molar-refractivity contribution is 0.977. The minimum Gasteiger partial charge on any atom is -0.310 e. The zero-order valence-electron chi connectivity index (χ0n) is 45.3. The Labute approximate surface area is 439 Å². The Morgan fingerprint density at radius 1 is 0.284 bits per heavy atom. The summed E-state index contributed by atoms with van der Waals surface area (Å²) in [6.07, 6.45) is 3.44. The fourth-order valence-electron chi connectivity index (χ4n) is 13.0. The Kier molecular flexibility index (Phi) is 10.5. The van der Waals surface area contributed by atoms with Crippen molar-refractivity contribution < 1.29 is 0 Å². The molecule has 4 aliphatic heterocycles. The normalized spacial score (nSPS) is 13.4. The third-order valence-electron chi connectivity index (χ3n) is 18.0. The van der Waals surface area contributed by atoms with Gasteiger partial charge in [-0.25, -0.2) is 0 Å². The molecule has 4 heteroatoms. The first-order chi connectivity index (χ1) is 35.6. The van der Waals surface area contributed by atoms with E-state index in [2.05, 4.69) is 236 Å². The molecule has 74 heavy (non-hydrogen) atoms. The summed E-state index contributed by atoms with van der Waals surface area (Å²) in [5, 5.41) is 0. The average Bonchev–Trinajstić information content (AvgIpc) is 3.38. The van der Waals surface area contributed by atoms with Crippen molar-refractivity contribution in [3.63, 3.8) is 0 Å². The van der Waals surface area contributed by atoms with Crippen LogP contribution in [0, 0.1) is 83.1 Å². The van der Waals surface area contributed by atoms with Gasteiger partial charge < -0.3 is 19.6 Å². The van der Waals surface area contributed by atoms with Gasteiger partial charge in [-0.1, -0.05) is 48.5 Å². The third kappa shape index (κ3) is 6.94. The van der Waals surface area contributed by atoms with Gasteiger partial charge in [-0.05, 0) is 268 Å². The molecule has 0 aromatic heterocycles. The molecule has 0 spiro atoms. The smallest absolute Gasteiger partial charge is 0.0553 e. The highest BCUT2D eigenvalue weighted by Gasteiger charge is 2.39. The zero-order valence-corrected chi connectivity index (χ0v) is 45.3.